The number of anilines is 1. The summed E-state index contributed by atoms with van der Waals surface area (Å²) in [7, 11) is 0. The number of halogens is 2. The normalized spacial score (nSPS) is 28.2. The Labute approximate surface area is 99.6 Å². The van der Waals surface area contributed by atoms with E-state index in [9.17, 15) is 8.78 Å². The van der Waals surface area contributed by atoms with Crippen LogP contribution in [-0.4, -0.2) is 25.2 Å². The van der Waals surface area contributed by atoms with Gasteiger partial charge in [-0.15, -0.1) is 0 Å². The van der Waals surface area contributed by atoms with Crippen LogP contribution in [0, 0.1) is 11.6 Å². The Bertz CT molecular complexity index is 402. The van der Waals surface area contributed by atoms with Gasteiger partial charge in [-0.2, -0.15) is 0 Å². The molecule has 1 aliphatic carbocycles. The first kappa shape index (κ1) is 11.0. The van der Waals surface area contributed by atoms with Gasteiger partial charge >= 0.3 is 0 Å². The fourth-order valence-corrected chi connectivity index (χ4v) is 3.13. The smallest absolute Gasteiger partial charge is 0.149 e. The molecule has 2 atom stereocenters. The van der Waals surface area contributed by atoms with Gasteiger partial charge < -0.3 is 10.2 Å². The lowest BCUT2D eigenvalue weighted by Crippen LogP contribution is -2.56. The zero-order valence-electron chi connectivity index (χ0n) is 9.63. The molecule has 17 heavy (non-hydrogen) atoms. The summed E-state index contributed by atoms with van der Waals surface area (Å²) < 4.78 is 27.6. The van der Waals surface area contributed by atoms with Crippen molar-refractivity contribution in [3.63, 3.8) is 0 Å². The van der Waals surface area contributed by atoms with Crippen molar-refractivity contribution >= 4 is 5.69 Å². The van der Waals surface area contributed by atoms with Crippen LogP contribution in [0.3, 0.4) is 0 Å². The van der Waals surface area contributed by atoms with Crippen LogP contribution in [0.2, 0.25) is 0 Å². The number of nitrogens with zero attached hydrogens (tertiary/aromatic N) is 1. The number of hydrogen-bond acceptors (Lipinski definition) is 2. The van der Waals surface area contributed by atoms with Crippen LogP contribution < -0.4 is 10.2 Å². The molecule has 0 bridgehead atoms. The first-order valence-electron chi connectivity index (χ1n) is 6.21. The van der Waals surface area contributed by atoms with Crippen molar-refractivity contribution in [1.29, 1.82) is 0 Å². The minimum absolute atomic E-state index is 0.158. The van der Waals surface area contributed by atoms with Crippen LogP contribution in [0.25, 0.3) is 0 Å². The fraction of sp³-hybridized carbons (Fsp3) is 0.538. The summed E-state index contributed by atoms with van der Waals surface area (Å²) in [5, 5.41) is 3.43. The molecule has 2 unspecified atom stereocenters. The van der Waals surface area contributed by atoms with Gasteiger partial charge in [0.25, 0.3) is 0 Å². The van der Waals surface area contributed by atoms with Gasteiger partial charge in [0.1, 0.15) is 17.3 Å². The highest BCUT2D eigenvalue weighted by molar-refractivity contribution is 5.51. The Morgan fingerprint density at radius 1 is 1.18 bits per heavy atom. The molecule has 2 fully saturated rings. The molecule has 3 rings (SSSR count). The Kier molecular flexibility index (Phi) is 2.74. The largest absolute Gasteiger partial charge is 0.361 e. The van der Waals surface area contributed by atoms with Crippen molar-refractivity contribution in [3.8, 4) is 0 Å². The van der Waals surface area contributed by atoms with E-state index < -0.39 is 11.6 Å². The lowest BCUT2D eigenvalue weighted by molar-refractivity contribution is 0.395. The molecule has 1 aromatic carbocycles. The maximum atomic E-state index is 13.8. The molecule has 0 spiro atoms. The van der Waals surface area contributed by atoms with Crippen LogP contribution in [-0.2, 0) is 0 Å². The minimum Gasteiger partial charge on any atom is -0.361 e. The zero-order valence-corrected chi connectivity index (χ0v) is 9.63. The highest BCUT2D eigenvalue weighted by atomic mass is 19.1. The molecule has 1 saturated carbocycles. The molecule has 0 amide bonds. The standard InChI is InChI=1S/C13H16F2N2/c14-9-3-1-4-10(15)13(9)17-8-7-16-11-5-2-6-12(11)17/h1,3-4,11-12,16H,2,5-8H2. The first-order valence-corrected chi connectivity index (χ1v) is 6.21. The van der Waals surface area contributed by atoms with E-state index in [-0.39, 0.29) is 11.7 Å². The molecule has 1 aliphatic heterocycles. The second kappa shape index (κ2) is 4.26. The monoisotopic (exact) mass is 238 g/mol. The molecule has 2 nitrogen and oxygen atoms in total. The van der Waals surface area contributed by atoms with Gasteiger partial charge in [0.15, 0.2) is 0 Å². The number of hydrogen-bond donors (Lipinski definition) is 1. The van der Waals surface area contributed by atoms with Crippen molar-refractivity contribution in [2.24, 2.45) is 0 Å². The Morgan fingerprint density at radius 3 is 2.71 bits per heavy atom. The highest BCUT2D eigenvalue weighted by Gasteiger charge is 2.36. The summed E-state index contributed by atoms with van der Waals surface area (Å²) in [6, 6.07) is 4.73. The molecule has 1 saturated heterocycles. The van der Waals surface area contributed by atoms with E-state index in [0.29, 0.717) is 12.6 Å². The van der Waals surface area contributed by atoms with Crippen molar-refractivity contribution < 1.29 is 8.78 Å². The van der Waals surface area contributed by atoms with Gasteiger partial charge in [-0.1, -0.05) is 6.07 Å². The van der Waals surface area contributed by atoms with E-state index in [1.807, 2.05) is 4.90 Å². The Hall–Kier alpha value is -1.16. The maximum Gasteiger partial charge on any atom is 0.149 e. The van der Waals surface area contributed by atoms with Gasteiger partial charge in [-0.05, 0) is 31.4 Å². The van der Waals surface area contributed by atoms with Gasteiger partial charge in [0.2, 0.25) is 0 Å². The van der Waals surface area contributed by atoms with E-state index in [4.69, 9.17) is 0 Å². The van der Waals surface area contributed by atoms with Gasteiger partial charge in [0, 0.05) is 25.2 Å². The predicted octanol–water partition coefficient (Wildman–Crippen LogP) is 2.30. The number of piperazine rings is 1. The Morgan fingerprint density at radius 2 is 1.94 bits per heavy atom. The molecule has 0 radical (unpaired) electrons. The SMILES string of the molecule is Fc1cccc(F)c1N1CCNC2CCCC21. The summed E-state index contributed by atoms with van der Waals surface area (Å²) in [4.78, 5) is 1.92. The van der Waals surface area contributed by atoms with Crippen LogP contribution in [0.4, 0.5) is 14.5 Å². The number of fused-ring (bicyclic) bond motifs is 1. The van der Waals surface area contributed by atoms with E-state index >= 15 is 0 Å². The Balaban J connectivity index is 1.97. The summed E-state index contributed by atoms with van der Waals surface area (Å²) in [5.41, 5.74) is 0.158. The molecular formula is C13H16F2N2. The second-order valence-electron chi connectivity index (χ2n) is 4.82. The zero-order chi connectivity index (χ0) is 11.8. The van der Waals surface area contributed by atoms with Crippen molar-refractivity contribution in [2.45, 2.75) is 31.3 Å². The molecule has 1 N–H and O–H groups in total. The summed E-state index contributed by atoms with van der Waals surface area (Å²) >= 11 is 0. The summed E-state index contributed by atoms with van der Waals surface area (Å²) in [5.74, 6) is -0.893. The van der Waals surface area contributed by atoms with Crippen molar-refractivity contribution in [2.75, 3.05) is 18.0 Å². The summed E-state index contributed by atoms with van der Waals surface area (Å²) in [6.07, 6.45) is 3.26. The quantitative estimate of drug-likeness (QED) is 0.807. The molecular weight excluding hydrogens is 222 g/mol. The van der Waals surface area contributed by atoms with E-state index in [2.05, 4.69) is 5.32 Å². The molecule has 0 aromatic heterocycles. The topological polar surface area (TPSA) is 15.3 Å². The average Bonchev–Trinajstić information content (AvgIpc) is 2.77. The van der Waals surface area contributed by atoms with Gasteiger partial charge in [-0.3, -0.25) is 0 Å². The third-order valence-electron chi connectivity index (χ3n) is 3.86. The maximum absolute atomic E-state index is 13.8. The number of nitrogens with one attached hydrogen (secondary N) is 1. The third-order valence-corrected chi connectivity index (χ3v) is 3.86. The average molecular weight is 238 g/mol. The van der Waals surface area contributed by atoms with Gasteiger partial charge in [-0.25, -0.2) is 8.78 Å². The molecule has 92 valence electrons. The van der Waals surface area contributed by atoms with Crippen LogP contribution in [0.5, 0.6) is 0 Å². The van der Waals surface area contributed by atoms with Crippen molar-refractivity contribution in [3.05, 3.63) is 29.8 Å². The molecule has 1 heterocycles. The van der Waals surface area contributed by atoms with E-state index in [0.717, 1.165) is 25.8 Å². The number of benzene rings is 1. The number of rotatable bonds is 1. The van der Waals surface area contributed by atoms with Crippen LogP contribution >= 0.6 is 0 Å². The van der Waals surface area contributed by atoms with E-state index in [1.165, 1.54) is 18.2 Å². The summed E-state index contributed by atoms with van der Waals surface area (Å²) in [6.45, 7) is 1.48. The van der Waals surface area contributed by atoms with Crippen molar-refractivity contribution in [1.82, 2.24) is 5.32 Å². The van der Waals surface area contributed by atoms with Crippen LogP contribution in [0.15, 0.2) is 18.2 Å². The molecule has 2 aliphatic rings. The third kappa shape index (κ3) is 1.80. The predicted molar refractivity (Wildman–Crippen MR) is 63.1 cm³/mol. The second-order valence-corrected chi connectivity index (χ2v) is 4.82. The van der Waals surface area contributed by atoms with E-state index in [1.54, 1.807) is 0 Å². The lowest BCUT2D eigenvalue weighted by Gasteiger charge is -2.40. The van der Waals surface area contributed by atoms with Crippen LogP contribution in [0.1, 0.15) is 19.3 Å². The molecule has 4 heteroatoms. The minimum atomic E-state index is -0.447. The molecule has 1 aromatic rings. The first-order chi connectivity index (χ1) is 8.27. The fourth-order valence-electron chi connectivity index (χ4n) is 3.13. The van der Waals surface area contributed by atoms with Gasteiger partial charge in [0.05, 0.1) is 0 Å². The number of para-hydroxylation sites is 1. The lowest BCUT2D eigenvalue weighted by atomic mass is 10.1. The highest BCUT2D eigenvalue weighted by Crippen LogP contribution is 2.33.